The first kappa shape index (κ1) is 13.8. The van der Waals surface area contributed by atoms with E-state index in [1.165, 1.54) is 16.5 Å². The second kappa shape index (κ2) is 7.10. The van der Waals surface area contributed by atoms with Crippen LogP contribution in [0.15, 0.2) is 28.9 Å². The summed E-state index contributed by atoms with van der Waals surface area (Å²) in [4.78, 5) is 0. The van der Waals surface area contributed by atoms with E-state index in [1.807, 2.05) is 33.8 Å². The van der Waals surface area contributed by atoms with Crippen molar-refractivity contribution in [2.24, 2.45) is 0 Å². The molecule has 1 aromatic carbocycles. The fourth-order valence-corrected chi connectivity index (χ4v) is 1.45. The molecule has 0 atom stereocenters. The van der Waals surface area contributed by atoms with Gasteiger partial charge in [0, 0.05) is 5.39 Å². The van der Waals surface area contributed by atoms with Crippen LogP contribution in [0.4, 0.5) is 0 Å². The molecule has 0 aliphatic heterocycles. The summed E-state index contributed by atoms with van der Waals surface area (Å²) in [6.45, 7) is 12.2. The summed E-state index contributed by atoms with van der Waals surface area (Å²) >= 11 is 0. The zero-order chi connectivity index (χ0) is 11.8. The Labute approximate surface area is 93.1 Å². The molecular weight excluding hydrogens is 184 g/mol. The van der Waals surface area contributed by atoms with Gasteiger partial charge in [-0.3, -0.25) is 0 Å². The van der Waals surface area contributed by atoms with E-state index in [4.69, 9.17) is 4.42 Å². The molecule has 0 saturated heterocycles. The number of rotatable bonds is 0. The van der Waals surface area contributed by atoms with Gasteiger partial charge in [-0.05, 0) is 31.5 Å². The van der Waals surface area contributed by atoms with Crippen LogP contribution >= 0.6 is 0 Å². The fourth-order valence-electron chi connectivity index (χ4n) is 1.45. The molecule has 0 unspecified atom stereocenters. The lowest BCUT2D eigenvalue weighted by Crippen LogP contribution is -1.76. The van der Waals surface area contributed by atoms with Crippen molar-refractivity contribution in [3.63, 3.8) is 0 Å². The van der Waals surface area contributed by atoms with E-state index in [0.717, 1.165) is 5.58 Å². The summed E-state index contributed by atoms with van der Waals surface area (Å²) in [5.74, 6) is 0. The van der Waals surface area contributed by atoms with Crippen molar-refractivity contribution in [1.82, 2.24) is 0 Å². The Morgan fingerprint density at radius 2 is 1.53 bits per heavy atom. The van der Waals surface area contributed by atoms with Crippen LogP contribution in [0.2, 0.25) is 0 Å². The van der Waals surface area contributed by atoms with Gasteiger partial charge in [-0.25, -0.2) is 0 Å². The number of furan rings is 1. The zero-order valence-corrected chi connectivity index (χ0v) is 10.7. The number of aryl methyl sites for hydroxylation is 2. The molecule has 0 bridgehead atoms. The summed E-state index contributed by atoms with van der Waals surface area (Å²) in [6, 6.07) is 6.26. The highest BCUT2D eigenvalue weighted by atomic mass is 16.3. The number of hydrogen-bond acceptors (Lipinski definition) is 1. The predicted octanol–water partition coefficient (Wildman–Crippen LogP) is 5.10. The molecule has 0 spiro atoms. The SMILES string of the molecule is CC.CC.Cc1cc(C)c2occc2c1. The van der Waals surface area contributed by atoms with Crippen molar-refractivity contribution < 1.29 is 4.42 Å². The highest BCUT2D eigenvalue weighted by molar-refractivity contribution is 5.80. The quantitative estimate of drug-likeness (QED) is 0.584. The average molecular weight is 206 g/mol. The lowest BCUT2D eigenvalue weighted by Gasteiger charge is -1.96. The molecular formula is C14H22O. The van der Waals surface area contributed by atoms with Crippen molar-refractivity contribution in [2.75, 3.05) is 0 Å². The first-order valence-electron chi connectivity index (χ1n) is 5.72. The summed E-state index contributed by atoms with van der Waals surface area (Å²) < 4.78 is 5.30. The largest absolute Gasteiger partial charge is 0.464 e. The number of hydrogen-bond donors (Lipinski definition) is 0. The second-order valence-corrected chi connectivity index (χ2v) is 2.92. The van der Waals surface area contributed by atoms with Crippen LogP contribution in [0.1, 0.15) is 38.8 Å². The smallest absolute Gasteiger partial charge is 0.136 e. The van der Waals surface area contributed by atoms with Gasteiger partial charge in [-0.15, -0.1) is 0 Å². The van der Waals surface area contributed by atoms with E-state index in [-0.39, 0.29) is 0 Å². The van der Waals surface area contributed by atoms with Gasteiger partial charge in [0.25, 0.3) is 0 Å². The van der Waals surface area contributed by atoms with Crippen LogP contribution in [-0.2, 0) is 0 Å². The third-order valence-corrected chi connectivity index (χ3v) is 1.88. The maximum atomic E-state index is 5.30. The molecule has 1 aromatic heterocycles. The van der Waals surface area contributed by atoms with E-state index in [0.29, 0.717) is 0 Å². The summed E-state index contributed by atoms with van der Waals surface area (Å²) in [5, 5.41) is 1.20. The fraction of sp³-hybridized carbons (Fsp3) is 0.429. The lowest BCUT2D eigenvalue weighted by molar-refractivity contribution is 0.613. The molecule has 0 aliphatic rings. The van der Waals surface area contributed by atoms with Gasteiger partial charge in [0.15, 0.2) is 0 Å². The molecule has 0 saturated carbocycles. The summed E-state index contributed by atoms with van der Waals surface area (Å²) in [7, 11) is 0. The molecule has 15 heavy (non-hydrogen) atoms. The molecule has 0 aliphatic carbocycles. The topological polar surface area (TPSA) is 13.1 Å². The third-order valence-electron chi connectivity index (χ3n) is 1.88. The van der Waals surface area contributed by atoms with Crippen LogP contribution in [0, 0.1) is 13.8 Å². The Bertz CT molecular complexity index is 385. The standard InChI is InChI=1S/C10H10O.2C2H6/c1-7-5-8(2)10-9(6-7)3-4-11-10;2*1-2/h3-6H,1-2H3;2*1-2H3. The molecule has 2 rings (SSSR count). The highest BCUT2D eigenvalue weighted by Gasteiger charge is 1.99. The highest BCUT2D eigenvalue weighted by Crippen LogP contribution is 2.20. The second-order valence-electron chi connectivity index (χ2n) is 2.92. The number of fused-ring (bicyclic) bond motifs is 1. The van der Waals surface area contributed by atoms with Gasteiger partial charge in [0.1, 0.15) is 5.58 Å². The van der Waals surface area contributed by atoms with Crippen LogP contribution < -0.4 is 0 Å². The van der Waals surface area contributed by atoms with E-state index < -0.39 is 0 Å². The summed E-state index contributed by atoms with van der Waals surface area (Å²) in [5.41, 5.74) is 3.51. The average Bonchev–Trinajstić information content (AvgIpc) is 2.72. The van der Waals surface area contributed by atoms with Crippen molar-refractivity contribution >= 4 is 11.0 Å². The zero-order valence-electron chi connectivity index (χ0n) is 10.7. The molecule has 0 amide bonds. The molecule has 2 aromatic rings. The molecule has 1 heterocycles. The predicted molar refractivity (Wildman–Crippen MR) is 68.4 cm³/mol. The van der Waals surface area contributed by atoms with Gasteiger partial charge in [0.05, 0.1) is 6.26 Å². The molecule has 1 heteroatoms. The number of benzene rings is 1. The first-order chi connectivity index (χ1) is 7.27. The van der Waals surface area contributed by atoms with Gasteiger partial charge in [-0.1, -0.05) is 39.3 Å². The third kappa shape index (κ3) is 3.43. The van der Waals surface area contributed by atoms with Crippen molar-refractivity contribution in [3.8, 4) is 0 Å². The van der Waals surface area contributed by atoms with Crippen molar-refractivity contribution in [2.45, 2.75) is 41.5 Å². The molecule has 0 N–H and O–H groups in total. The van der Waals surface area contributed by atoms with Gasteiger partial charge >= 0.3 is 0 Å². The Hall–Kier alpha value is -1.24. The monoisotopic (exact) mass is 206 g/mol. The van der Waals surface area contributed by atoms with Crippen LogP contribution in [-0.4, -0.2) is 0 Å². The van der Waals surface area contributed by atoms with Crippen LogP contribution in [0.25, 0.3) is 11.0 Å². The van der Waals surface area contributed by atoms with Crippen LogP contribution in [0.5, 0.6) is 0 Å². The maximum Gasteiger partial charge on any atom is 0.136 e. The van der Waals surface area contributed by atoms with E-state index >= 15 is 0 Å². The normalized spacial score (nSPS) is 8.67. The van der Waals surface area contributed by atoms with Gasteiger partial charge < -0.3 is 4.42 Å². The molecule has 0 radical (unpaired) electrons. The first-order valence-corrected chi connectivity index (χ1v) is 5.72. The maximum absolute atomic E-state index is 5.30. The van der Waals surface area contributed by atoms with Crippen molar-refractivity contribution in [1.29, 1.82) is 0 Å². The van der Waals surface area contributed by atoms with E-state index in [9.17, 15) is 0 Å². The Morgan fingerprint density at radius 1 is 0.933 bits per heavy atom. The Morgan fingerprint density at radius 3 is 2.13 bits per heavy atom. The van der Waals surface area contributed by atoms with Crippen LogP contribution in [0.3, 0.4) is 0 Å². The Kier molecular flexibility index (Phi) is 6.52. The minimum Gasteiger partial charge on any atom is -0.464 e. The minimum absolute atomic E-state index is 1.01. The van der Waals surface area contributed by atoms with E-state index in [2.05, 4.69) is 26.0 Å². The molecule has 84 valence electrons. The van der Waals surface area contributed by atoms with Crippen molar-refractivity contribution in [3.05, 3.63) is 35.6 Å². The van der Waals surface area contributed by atoms with Gasteiger partial charge in [0.2, 0.25) is 0 Å². The molecule has 1 nitrogen and oxygen atoms in total. The van der Waals surface area contributed by atoms with E-state index in [1.54, 1.807) is 6.26 Å². The lowest BCUT2D eigenvalue weighted by atomic mass is 10.1. The molecule has 0 fully saturated rings. The minimum atomic E-state index is 1.01. The Balaban J connectivity index is 0.000000442. The van der Waals surface area contributed by atoms with Gasteiger partial charge in [-0.2, -0.15) is 0 Å². The summed E-state index contributed by atoms with van der Waals surface area (Å²) in [6.07, 6.45) is 1.73.